The molecule has 2 unspecified atom stereocenters. The molecule has 132 valence electrons. The molecule has 2 atom stereocenters. The molecule has 0 spiro atoms. The molecule has 2 aliphatic carbocycles. The molecular formula is C19H28N2O3. The van der Waals surface area contributed by atoms with Gasteiger partial charge in [0.25, 0.3) is 0 Å². The Hall–Kier alpha value is -1.75. The lowest BCUT2D eigenvalue weighted by Gasteiger charge is -2.45. The van der Waals surface area contributed by atoms with Crippen molar-refractivity contribution in [2.24, 2.45) is 17.6 Å². The maximum atomic E-state index is 12.6. The number of hydrogen-bond acceptors (Lipinski definition) is 4. The number of methoxy groups -OCH3 is 2. The number of ether oxygens (including phenoxy) is 2. The van der Waals surface area contributed by atoms with Gasteiger partial charge in [-0.1, -0.05) is 6.42 Å². The maximum absolute atomic E-state index is 12.6. The second-order valence-electron chi connectivity index (χ2n) is 7.13. The molecule has 5 nitrogen and oxygen atoms in total. The summed E-state index contributed by atoms with van der Waals surface area (Å²) in [5, 5.41) is 3.29. The number of nitrogens with one attached hydrogen (secondary N) is 1. The fourth-order valence-corrected chi connectivity index (χ4v) is 4.45. The molecule has 0 aromatic heterocycles. The van der Waals surface area contributed by atoms with E-state index < -0.39 is 0 Å². The lowest BCUT2D eigenvalue weighted by Crippen LogP contribution is -2.54. The Morgan fingerprint density at radius 2 is 1.92 bits per heavy atom. The van der Waals surface area contributed by atoms with Gasteiger partial charge in [0.2, 0.25) is 5.91 Å². The normalized spacial score (nSPS) is 29.0. The number of hydrogen-bond donors (Lipinski definition) is 2. The first-order chi connectivity index (χ1) is 11.6. The molecule has 3 N–H and O–H groups in total. The average Bonchev–Trinajstić information content (AvgIpc) is 2.55. The molecular weight excluding hydrogens is 304 g/mol. The zero-order valence-electron chi connectivity index (χ0n) is 14.6. The second-order valence-corrected chi connectivity index (χ2v) is 7.13. The molecule has 1 aromatic carbocycles. The molecule has 0 heterocycles. The SMILES string of the molecule is COc1ccc(OC)c(CC(=O)NC2C3CCCC2CC(N)C3)c1. The largest absolute Gasteiger partial charge is 0.497 e. The minimum absolute atomic E-state index is 0.0546. The van der Waals surface area contributed by atoms with Crippen molar-refractivity contribution in [1.29, 1.82) is 0 Å². The van der Waals surface area contributed by atoms with Gasteiger partial charge in [-0.25, -0.2) is 0 Å². The number of carbonyl (C=O) groups is 1. The van der Waals surface area contributed by atoms with Crippen molar-refractivity contribution >= 4 is 5.91 Å². The molecule has 3 rings (SSSR count). The van der Waals surface area contributed by atoms with Crippen LogP contribution in [0.15, 0.2) is 18.2 Å². The van der Waals surface area contributed by atoms with Crippen LogP contribution >= 0.6 is 0 Å². The fraction of sp³-hybridized carbons (Fsp3) is 0.632. The van der Waals surface area contributed by atoms with Gasteiger partial charge in [0.1, 0.15) is 11.5 Å². The predicted octanol–water partition coefficient (Wildman–Crippen LogP) is 2.27. The summed E-state index contributed by atoms with van der Waals surface area (Å²) in [5.41, 5.74) is 7.02. The van der Waals surface area contributed by atoms with Crippen molar-refractivity contribution in [2.75, 3.05) is 14.2 Å². The average molecular weight is 332 g/mol. The topological polar surface area (TPSA) is 73.6 Å². The van der Waals surface area contributed by atoms with Crippen LogP contribution in [0.2, 0.25) is 0 Å². The predicted molar refractivity (Wildman–Crippen MR) is 93.2 cm³/mol. The Morgan fingerprint density at radius 1 is 1.21 bits per heavy atom. The van der Waals surface area contributed by atoms with Crippen LogP contribution in [0, 0.1) is 11.8 Å². The lowest BCUT2D eigenvalue weighted by molar-refractivity contribution is -0.122. The summed E-state index contributed by atoms with van der Waals surface area (Å²) in [6.07, 6.45) is 5.99. The van der Waals surface area contributed by atoms with Crippen LogP contribution < -0.4 is 20.5 Å². The zero-order chi connectivity index (χ0) is 17.1. The first kappa shape index (κ1) is 17.1. The molecule has 2 bridgehead atoms. The van der Waals surface area contributed by atoms with Gasteiger partial charge in [-0.05, 0) is 55.7 Å². The van der Waals surface area contributed by atoms with E-state index in [-0.39, 0.29) is 11.9 Å². The van der Waals surface area contributed by atoms with E-state index >= 15 is 0 Å². The van der Waals surface area contributed by atoms with Crippen LogP contribution in [0.1, 0.15) is 37.7 Å². The highest BCUT2D eigenvalue weighted by Gasteiger charge is 2.39. The van der Waals surface area contributed by atoms with Gasteiger partial charge in [-0.2, -0.15) is 0 Å². The van der Waals surface area contributed by atoms with Gasteiger partial charge in [0, 0.05) is 17.6 Å². The fourth-order valence-electron chi connectivity index (χ4n) is 4.45. The summed E-state index contributed by atoms with van der Waals surface area (Å²) >= 11 is 0. The van der Waals surface area contributed by atoms with E-state index in [9.17, 15) is 4.79 Å². The number of fused-ring (bicyclic) bond motifs is 2. The highest BCUT2D eigenvalue weighted by atomic mass is 16.5. The summed E-state index contributed by atoms with van der Waals surface area (Å²) in [5.74, 6) is 2.57. The van der Waals surface area contributed by atoms with Gasteiger partial charge >= 0.3 is 0 Å². The van der Waals surface area contributed by atoms with E-state index in [2.05, 4.69) is 5.32 Å². The highest BCUT2D eigenvalue weighted by Crippen LogP contribution is 2.39. The summed E-state index contributed by atoms with van der Waals surface area (Å²) < 4.78 is 10.6. The maximum Gasteiger partial charge on any atom is 0.224 e. The standard InChI is InChI=1S/C19H28N2O3/c1-23-16-6-7-17(24-2)14(10-16)11-18(22)21-19-12-4-3-5-13(19)9-15(20)8-12/h6-7,10,12-13,15,19H,3-5,8-9,11,20H2,1-2H3,(H,21,22). The zero-order valence-corrected chi connectivity index (χ0v) is 14.6. The molecule has 2 aliphatic rings. The number of rotatable bonds is 5. The third kappa shape index (κ3) is 3.66. The van der Waals surface area contributed by atoms with E-state index in [0.29, 0.717) is 24.3 Å². The minimum atomic E-state index is 0.0546. The van der Waals surface area contributed by atoms with Crippen molar-refractivity contribution in [1.82, 2.24) is 5.32 Å². The van der Waals surface area contributed by atoms with Crippen molar-refractivity contribution in [3.05, 3.63) is 23.8 Å². The van der Waals surface area contributed by atoms with Gasteiger partial charge < -0.3 is 20.5 Å². The third-order valence-corrected chi connectivity index (χ3v) is 5.54. The number of amides is 1. The Kier molecular flexibility index (Phi) is 5.29. The number of benzene rings is 1. The van der Waals surface area contributed by atoms with E-state index in [1.54, 1.807) is 14.2 Å². The Balaban J connectivity index is 1.67. The van der Waals surface area contributed by atoms with E-state index in [1.165, 1.54) is 19.3 Å². The van der Waals surface area contributed by atoms with Crippen molar-refractivity contribution < 1.29 is 14.3 Å². The highest BCUT2D eigenvalue weighted by molar-refractivity contribution is 5.80. The summed E-state index contributed by atoms with van der Waals surface area (Å²) in [6.45, 7) is 0. The van der Waals surface area contributed by atoms with Crippen LogP contribution in [0.5, 0.6) is 11.5 Å². The van der Waals surface area contributed by atoms with Crippen LogP contribution in [0.3, 0.4) is 0 Å². The summed E-state index contributed by atoms with van der Waals surface area (Å²) in [4.78, 5) is 12.6. The smallest absolute Gasteiger partial charge is 0.224 e. The molecule has 5 heteroatoms. The Bertz CT molecular complexity index is 576. The second kappa shape index (κ2) is 7.43. The van der Waals surface area contributed by atoms with Gasteiger partial charge in [0.05, 0.1) is 20.6 Å². The van der Waals surface area contributed by atoms with E-state index in [0.717, 1.165) is 29.9 Å². The molecule has 2 saturated carbocycles. The van der Waals surface area contributed by atoms with Gasteiger partial charge in [-0.15, -0.1) is 0 Å². The van der Waals surface area contributed by atoms with Crippen LogP contribution in [-0.4, -0.2) is 32.2 Å². The lowest BCUT2D eigenvalue weighted by atomic mass is 9.67. The molecule has 0 radical (unpaired) electrons. The monoisotopic (exact) mass is 332 g/mol. The quantitative estimate of drug-likeness (QED) is 0.867. The molecule has 1 amide bonds. The molecule has 24 heavy (non-hydrogen) atoms. The minimum Gasteiger partial charge on any atom is -0.497 e. The van der Waals surface area contributed by atoms with Crippen molar-refractivity contribution in [3.8, 4) is 11.5 Å². The van der Waals surface area contributed by atoms with Crippen molar-refractivity contribution in [2.45, 2.75) is 50.6 Å². The first-order valence-corrected chi connectivity index (χ1v) is 8.86. The first-order valence-electron chi connectivity index (χ1n) is 8.86. The Morgan fingerprint density at radius 3 is 2.54 bits per heavy atom. The third-order valence-electron chi connectivity index (χ3n) is 5.54. The Labute approximate surface area is 143 Å². The number of carbonyl (C=O) groups excluding carboxylic acids is 1. The van der Waals surface area contributed by atoms with Crippen molar-refractivity contribution in [3.63, 3.8) is 0 Å². The molecule has 2 fully saturated rings. The summed E-state index contributed by atoms with van der Waals surface area (Å²) in [6, 6.07) is 6.13. The van der Waals surface area contributed by atoms with E-state index in [4.69, 9.17) is 15.2 Å². The van der Waals surface area contributed by atoms with Crippen LogP contribution in [-0.2, 0) is 11.2 Å². The summed E-state index contributed by atoms with van der Waals surface area (Å²) in [7, 11) is 3.24. The van der Waals surface area contributed by atoms with Crippen LogP contribution in [0.4, 0.5) is 0 Å². The molecule has 1 aromatic rings. The van der Waals surface area contributed by atoms with E-state index in [1.807, 2.05) is 18.2 Å². The van der Waals surface area contributed by atoms with Gasteiger partial charge in [0.15, 0.2) is 0 Å². The number of nitrogens with two attached hydrogens (primary N) is 1. The van der Waals surface area contributed by atoms with Gasteiger partial charge in [-0.3, -0.25) is 4.79 Å². The molecule has 0 aliphatic heterocycles. The van der Waals surface area contributed by atoms with Crippen LogP contribution in [0.25, 0.3) is 0 Å². The molecule has 0 saturated heterocycles.